The van der Waals surface area contributed by atoms with E-state index in [-0.39, 0.29) is 23.6 Å². The molecule has 2 unspecified atom stereocenters. The average Bonchev–Trinajstić information content (AvgIpc) is 3.21. The molecule has 1 N–H and O–H groups in total. The molecule has 0 fully saturated rings. The third kappa shape index (κ3) is 4.95. The first kappa shape index (κ1) is 23.5. The Morgan fingerprint density at radius 3 is 2.29 bits per heavy atom. The minimum atomic E-state index is -4.86. The molecular formula is C22H18F6N4O2. The Morgan fingerprint density at radius 2 is 1.71 bits per heavy atom. The number of amides is 1. The van der Waals surface area contributed by atoms with Gasteiger partial charge in [-0.3, -0.25) is 4.79 Å². The highest BCUT2D eigenvalue weighted by molar-refractivity contribution is 6.04. The minimum Gasteiger partial charge on any atom is -0.406 e. The van der Waals surface area contributed by atoms with Crippen LogP contribution >= 0.6 is 0 Å². The number of halogens is 6. The Labute approximate surface area is 189 Å². The van der Waals surface area contributed by atoms with Crippen LogP contribution in [0.4, 0.5) is 37.8 Å². The van der Waals surface area contributed by atoms with E-state index in [1.165, 1.54) is 25.2 Å². The van der Waals surface area contributed by atoms with Crippen molar-refractivity contribution < 1.29 is 35.9 Å². The number of ether oxygens (including phenoxy) is 1. The van der Waals surface area contributed by atoms with Crippen molar-refractivity contribution in [3.8, 4) is 5.75 Å². The summed E-state index contributed by atoms with van der Waals surface area (Å²) in [5.41, 5.74) is 0.618. The smallest absolute Gasteiger partial charge is 0.406 e. The fraction of sp³-hybridized carbons (Fsp3) is 0.273. The van der Waals surface area contributed by atoms with Gasteiger partial charge in [0.2, 0.25) is 0 Å². The zero-order chi connectivity index (χ0) is 24.7. The van der Waals surface area contributed by atoms with E-state index < -0.39 is 36.3 Å². The number of nitrogens with zero attached hydrogens (tertiary/aromatic N) is 3. The molecule has 0 saturated carbocycles. The van der Waals surface area contributed by atoms with Crippen molar-refractivity contribution in [2.24, 2.45) is 0 Å². The number of hydrogen-bond acceptors (Lipinski definition) is 4. The van der Waals surface area contributed by atoms with Gasteiger partial charge in [0.1, 0.15) is 11.6 Å². The highest BCUT2D eigenvalue weighted by Gasteiger charge is 2.47. The Morgan fingerprint density at radius 1 is 1.06 bits per heavy atom. The Bertz CT molecular complexity index is 1160. The van der Waals surface area contributed by atoms with Crippen molar-refractivity contribution >= 4 is 17.4 Å². The van der Waals surface area contributed by atoms with Gasteiger partial charge in [0.05, 0.1) is 6.04 Å². The van der Waals surface area contributed by atoms with Gasteiger partial charge in [-0.05, 0) is 29.8 Å². The first-order valence-corrected chi connectivity index (χ1v) is 10.0. The van der Waals surface area contributed by atoms with Gasteiger partial charge in [-0.15, -0.1) is 13.2 Å². The Balaban J connectivity index is 1.59. The number of alkyl halides is 6. The number of anilines is 2. The topological polar surface area (TPSA) is 59.4 Å². The first-order chi connectivity index (χ1) is 15.9. The third-order valence-electron chi connectivity index (χ3n) is 5.37. The van der Waals surface area contributed by atoms with Crippen molar-refractivity contribution in [3.05, 3.63) is 71.9 Å². The van der Waals surface area contributed by atoms with Crippen LogP contribution in [0.3, 0.4) is 0 Å². The number of carbonyl (C=O) groups excluding carboxylic acids is 1. The molecule has 0 bridgehead atoms. The number of rotatable bonds is 4. The van der Waals surface area contributed by atoms with E-state index in [9.17, 15) is 31.1 Å². The molecule has 2 aromatic carbocycles. The summed E-state index contributed by atoms with van der Waals surface area (Å²) in [6.45, 7) is 0. The summed E-state index contributed by atoms with van der Waals surface area (Å²) in [7, 11) is 1.34. The summed E-state index contributed by atoms with van der Waals surface area (Å²) < 4.78 is 83.0. The van der Waals surface area contributed by atoms with E-state index in [1.54, 1.807) is 30.3 Å². The standard InChI is InChI=1S/C22H18F6N4O2/c1-31(14-7-9-15(10-8-14)34-22(26,27)28)20(33)17-12-19-29-16(13-5-3-2-4-6-13)11-18(21(23,24)25)32(19)30-17/h2-10,12,16,18,29H,11H2,1H3. The molecule has 0 spiro atoms. The quantitative estimate of drug-likeness (QED) is 0.482. The van der Waals surface area contributed by atoms with Crippen LogP contribution < -0.4 is 15.0 Å². The molecule has 0 radical (unpaired) electrons. The summed E-state index contributed by atoms with van der Waals surface area (Å²) in [5.74, 6) is -1.17. The molecule has 1 aliphatic heterocycles. The average molecular weight is 484 g/mol. The van der Waals surface area contributed by atoms with Crippen LogP contribution in [-0.2, 0) is 0 Å². The van der Waals surface area contributed by atoms with Gasteiger partial charge >= 0.3 is 12.5 Å². The van der Waals surface area contributed by atoms with Gasteiger partial charge < -0.3 is 15.0 Å². The lowest BCUT2D eigenvalue weighted by Crippen LogP contribution is -2.35. The molecule has 180 valence electrons. The number of nitrogens with one attached hydrogen (secondary N) is 1. The van der Waals surface area contributed by atoms with Gasteiger partial charge in [0.25, 0.3) is 5.91 Å². The lowest BCUT2D eigenvalue weighted by Gasteiger charge is -2.33. The van der Waals surface area contributed by atoms with Crippen molar-refractivity contribution in [2.75, 3.05) is 17.3 Å². The predicted octanol–water partition coefficient (Wildman–Crippen LogP) is 5.72. The molecule has 1 aliphatic rings. The molecule has 2 heterocycles. The SMILES string of the molecule is CN(C(=O)c1cc2n(n1)C(C(F)(F)F)CC(c1ccccc1)N2)c1ccc(OC(F)(F)F)cc1. The number of aromatic nitrogens is 2. The van der Waals surface area contributed by atoms with Gasteiger partial charge in [0.15, 0.2) is 11.7 Å². The van der Waals surface area contributed by atoms with Gasteiger partial charge in [-0.2, -0.15) is 18.3 Å². The summed E-state index contributed by atoms with van der Waals surface area (Å²) in [5, 5.41) is 6.91. The summed E-state index contributed by atoms with van der Waals surface area (Å²) >= 11 is 0. The lowest BCUT2D eigenvalue weighted by molar-refractivity contribution is -0.274. The maximum Gasteiger partial charge on any atom is 0.573 e. The van der Waals surface area contributed by atoms with Crippen LogP contribution in [0.1, 0.15) is 34.6 Å². The van der Waals surface area contributed by atoms with Crippen molar-refractivity contribution in [1.29, 1.82) is 0 Å². The van der Waals surface area contributed by atoms with E-state index in [4.69, 9.17) is 0 Å². The second-order valence-electron chi connectivity index (χ2n) is 7.67. The van der Waals surface area contributed by atoms with Crippen LogP contribution in [0.5, 0.6) is 5.75 Å². The normalized spacial score (nSPS) is 18.1. The molecule has 4 rings (SSSR count). The minimum absolute atomic E-state index is 0.0353. The zero-order valence-electron chi connectivity index (χ0n) is 17.6. The van der Waals surface area contributed by atoms with E-state index in [0.29, 0.717) is 5.56 Å². The van der Waals surface area contributed by atoms with Gasteiger partial charge in [0, 0.05) is 25.2 Å². The summed E-state index contributed by atoms with van der Waals surface area (Å²) in [6.07, 6.45) is -9.78. The lowest BCUT2D eigenvalue weighted by atomic mass is 9.97. The monoisotopic (exact) mass is 484 g/mol. The maximum absolute atomic E-state index is 13.8. The number of fused-ring (bicyclic) bond motifs is 1. The largest absolute Gasteiger partial charge is 0.573 e. The number of hydrogen-bond donors (Lipinski definition) is 1. The number of benzene rings is 2. The van der Waals surface area contributed by atoms with E-state index >= 15 is 0 Å². The zero-order valence-corrected chi connectivity index (χ0v) is 17.6. The maximum atomic E-state index is 13.8. The Hall–Kier alpha value is -3.70. The van der Waals surface area contributed by atoms with Crippen molar-refractivity contribution in [3.63, 3.8) is 0 Å². The van der Waals surface area contributed by atoms with Crippen LogP contribution in [-0.4, -0.2) is 35.3 Å². The predicted molar refractivity (Wildman–Crippen MR) is 111 cm³/mol. The molecule has 0 saturated heterocycles. The van der Waals surface area contributed by atoms with Gasteiger partial charge in [-0.1, -0.05) is 30.3 Å². The molecule has 0 aliphatic carbocycles. The second kappa shape index (κ2) is 8.58. The highest BCUT2D eigenvalue weighted by atomic mass is 19.4. The molecule has 12 heteroatoms. The summed E-state index contributed by atoms with van der Waals surface area (Å²) in [6, 6.07) is 11.8. The third-order valence-corrected chi connectivity index (χ3v) is 5.37. The molecule has 2 atom stereocenters. The Kier molecular flexibility index (Phi) is 5.92. The molecule has 34 heavy (non-hydrogen) atoms. The van der Waals surface area contributed by atoms with Crippen LogP contribution in [0.2, 0.25) is 0 Å². The molecule has 1 amide bonds. The van der Waals surface area contributed by atoms with E-state index in [0.717, 1.165) is 21.7 Å². The van der Waals surface area contributed by atoms with Crippen LogP contribution in [0, 0.1) is 0 Å². The molecule has 6 nitrogen and oxygen atoms in total. The van der Waals surface area contributed by atoms with E-state index in [2.05, 4.69) is 15.2 Å². The first-order valence-electron chi connectivity index (χ1n) is 10.0. The van der Waals surface area contributed by atoms with Crippen LogP contribution in [0.15, 0.2) is 60.7 Å². The van der Waals surface area contributed by atoms with Crippen LogP contribution in [0.25, 0.3) is 0 Å². The van der Waals surface area contributed by atoms with Crippen molar-refractivity contribution in [2.45, 2.75) is 31.0 Å². The number of carbonyl (C=O) groups is 1. The van der Waals surface area contributed by atoms with E-state index in [1.807, 2.05) is 0 Å². The van der Waals surface area contributed by atoms with Gasteiger partial charge in [-0.25, -0.2) is 4.68 Å². The summed E-state index contributed by atoms with van der Waals surface area (Å²) in [4.78, 5) is 14.0. The molecule has 1 aromatic heterocycles. The molecule has 3 aromatic rings. The highest BCUT2D eigenvalue weighted by Crippen LogP contribution is 2.43. The molecular weight excluding hydrogens is 466 g/mol. The fourth-order valence-corrected chi connectivity index (χ4v) is 3.74. The van der Waals surface area contributed by atoms with Crippen molar-refractivity contribution in [1.82, 2.24) is 9.78 Å². The second-order valence-corrected chi connectivity index (χ2v) is 7.67. The fourth-order valence-electron chi connectivity index (χ4n) is 3.74.